The van der Waals surface area contributed by atoms with Crippen molar-refractivity contribution in [1.29, 1.82) is 0 Å². The number of fused-ring (bicyclic) bond motifs is 5. The summed E-state index contributed by atoms with van der Waals surface area (Å²) in [5.41, 5.74) is 1.68. The van der Waals surface area contributed by atoms with Gasteiger partial charge in [-0.15, -0.1) is 0 Å². The van der Waals surface area contributed by atoms with Gasteiger partial charge in [0.25, 0.3) is 0 Å². The molecule has 162 valence electrons. The normalized spacial score (nSPS) is 25.6. The van der Waals surface area contributed by atoms with Gasteiger partial charge in [0.05, 0.1) is 11.6 Å². The van der Waals surface area contributed by atoms with Crippen LogP contribution in [0.4, 0.5) is 10.6 Å². The molecule has 0 bridgehead atoms. The van der Waals surface area contributed by atoms with E-state index in [1.54, 1.807) is 0 Å². The molecule has 2 fully saturated rings. The molecule has 5 rings (SSSR count). The number of rotatable bonds is 3. The Morgan fingerprint density at radius 1 is 1.19 bits per heavy atom. The number of nitrogens with one attached hydrogen (secondary N) is 1. The zero-order valence-electron chi connectivity index (χ0n) is 18.1. The van der Waals surface area contributed by atoms with E-state index in [2.05, 4.69) is 28.4 Å². The molecular weight excluding hydrogens is 392 g/mol. The Morgan fingerprint density at radius 3 is 2.84 bits per heavy atom. The molecule has 4 amide bonds. The number of carbonyl (C=O) groups excluding carboxylic acids is 3. The summed E-state index contributed by atoms with van der Waals surface area (Å²) in [5.74, 6) is 0.0769. The highest BCUT2D eigenvalue weighted by molar-refractivity contribution is 6.20. The van der Waals surface area contributed by atoms with Crippen LogP contribution in [0.2, 0.25) is 0 Å². The SMILES string of the molecule is CCCCN1C(=O)NC(=O)C2(Cc3cc4cc(C)ccc4nc3N3CCCCC32)C1=O. The molecule has 0 radical (unpaired) electrons. The molecule has 3 aliphatic heterocycles. The van der Waals surface area contributed by atoms with Crippen LogP contribution < -0.4 is 10.2 Å². The molecule has 1 aromatic carbocycles. The Kier molecular flexibility index (Phi) is 4.72. The number of imide groups is 2. The zero-order valence-corrected chi connectivity index (χ0v) is 18.1. The molecule has 7 heteroatoms. The number of hydrogen-bond donors (Lipinski definition) is 1. The fourth-order valence-electron chi connectivity index (χ4n) is 5.50. The molecular formula is C24H28N4O3. The number of unbranched alkanes of at least 4 members (excludes halogenated alkanes) is 1. The molecule has 0 aliphatic carbocycles. The lowest BCUT2D eigenvalue weighted by molar-refractivity contribution is -0.154. The number of aromatic nitrogens is 1. The Balaban J connectivity index is 1.66. The van der Waals surface area contributed by atoms with E-state index in [1.165, 1.54) is 4.90 Å². The number of barbiturate groups is 1. The lowest BCUT2D eigenvalue weighted by Crippen LogP contribution is -2.72. The third-order valence-corrected chi connectivity index (χ3v) is 7.07. The van der Waals surface area contributed by atoms with E-state index in [1.807, 2.05) is 19.9 Å². The van der Waals surface area contributed by atoms with Crippen molar-refractivity contribution in [1.82, 2.24) is 15.2 Å². The molecule has 31 heavy (non-hydrogen) atoms. The average molecular weight is 421 g/mol. The first-order chi connectivity index (χ1) is 15.0. The number of urea groups is 1. The maximum Gasteiger partial charge on any atom is 0.330 e. The fraction of sp³-hybridized carbons (Fsp3) is 0.500. The number of anilines is 1. The van der Waals surface area contributed by atoms with Crippen LogP contribution in [0, 0.1) is 12.3 Å². The maximum atomic E-state index is 13.8. The van der Waals surface area contributed by atoms with Gasteiger partial charge in [-0.2, -0.15) is 0 Å². The third kappa shape index (κ3) is 2.93. The van der Waals surface area contributed by atoms with Gasteiger partial charge < -0.3 is 4.90 Å². The molecule has 2 aromatic rings. The van der Waals surface area contributed by atoms with E-state index in [-0.39, 0.29) is 18.4 Å². The predicted molar refractivity (Wildman–Crippen MR) is 118 cm³/mol. The van der Waals surface area contributed by atoms with Gasteiger partial charge in [-0.25, -0.2) is 9.78 Å². The van der Waals surface area contributed by atoms with Crippen LogP contribution in [-0.4, -0.2) is 46.9 Å². The Morgan fingerprint density at radius 2 is 2.03 bits per heavy atom. The van der Waals surface area contributed by atoms with E-state index in [4.69, 9.17) is 4.98 Å². The molecule has 3 aliphatic rings. The molecule has 2 unspecified atom stereocenters. The predicted octanol–water partition coefficient (Wildman–Crippen LogP) is 3.32. The van der Waals surface area contributed by atoms with Gasteiger partial charge in [0.15, 0.2) is 5.41 Å². The Hall–Kier alpha value is -2.96. The van der Waals surface area contributed by atoms with E-state index in [0.717, 1.165) is 66.5 Å². The molecule has 1 N–H and O–H groups in total. The minimum Gasteiger partial charge on any atom is -0.352 e. The van der Waals surface area contributed by atoms with Crippen molar-refractivity contribution in [3.63, 3.8) is 0 Å². The largest absolute Gasteiger partial charge is 0.352 e. The van der Waals surface area contributed by atoms with Gasteiger partial charge in [0.1, 0.15) is 5.82 Å². The number of benzene rings is 1. The van der Waals surface area contributed by atoms with Gasteiger partial charge in [-0.05, 0) is 56.4 Å². The zero-order chi connectivity index (χ0) is 21.8. The molecule has 2 saturated heterocycles. The van der Waals surface area contributed by atoms with Gasteiger partial charge >= 0.3 is 6.03 Å². The second kappa shape index (κ2) is 7.32. The van der Waals surface area contributed by atoms with Crippen molar-refractivity contribution < 1.29 is 14.4 Å². The molecule has 1 aromatic heterocycles. The molecule has 2 atom stereocenters. The van der Waals surface area contributed by atoms with Crippen molar-refractivity contribution in [2.24, 2.45) is 5.41 Å². The number of piperidine rings is 1. The number of hydrogen-bond acceptors (Lipinski definition) is 5. The smallest absolute Gasteiger partial charge is 0.330 e. The minimum absolute atomic E-state index is 0.279. The maximum absolute atomic E-state index is 13.8. The van der Waals surface area contributed by atoms with E-state index in [9.17, 15) is 14.4 Å². The highest BCUT2D eigenvalue weighted by Crippen LogP contribution is 2.47. The van der Waals surface area contributed by atoms with Gasteiger partial charge in [0, 0.05) is 24.9 Å². The summed E-state index contributed by atoms with van der Waals surface area (Å²) >= 11 is 0. The van der Waals surface area contributed by atoms with Gasteiger partial charge in [0.2, 0.25) is 11.8 Å². The summed E-state index contributed by atoms with van der Waals surface area (Å²) in [4.78, 5) is 48.1. The second-order valence-corrected chi connectivity index (χ2v) is 9.09. The fourth-order valence-corrected chi connectivity index (χ4v) is 5.50. The van der Waals surface area contributed by atoms with Gasteiger partial charge in [-0.1, -0.05) is 25.0 Å². The van der Waals surface area contributed by atoms with E-state index >= 15 is 0 Å². The summed E-state index contributed by atoms with van der Waals surface area (Å²) in [6.07, 6.45) is 4.55. The highest BCUT2D eigenvalue weighted by Gasteiger charge is 2.62. The van der Waals surface area contributed by atoms with Crippen molar-refractivity contribution in [3.8, 4) is 0 Å². The first kappa shape index (κ1) is 20.0. The van der Waals surface area contributed by atoms with Crippen LogP contribution in [0.25, 0.3) is 10.9 Å². The monoisotopic (exact) mass is 420 g/mol. The van der Waals surface area contributed by atoms with Crippen LogP contribution in [0.5, 0.6) is 0 Å². The first-order valence-corrected chi connectivity index (χ1v) is 11.3. The lowest BCUT2D eigenvalue weighted by atomic mass is 9.66. The summed E-state index contributed by atoms with van der Waals surface area (Å²) in [5, 5.41) is 3.53. The highest BCUT2D eigenvalue weighted by atomic mass is 16.2. The topological polar surface area (TPSA) is 82.6 Å². The van der Waals surface area contributed by atoms with Gasteiger partial charge in [-0.3, -0.25) is 19.8 Å². The van der Waals surface area contributed by atoms with Crippen molar-refractivity contribution >= 4 is 34.6 Å². The number of aryl methyl sites for hydroxylation is 1. The van der Waals surface area contributed by atoms with E-state index < -0.39 is 17.4 Å². The van der Waals surface area contributed by atoms with Crippen LogP contribution in [0.1, 0.15) is 50.2 Å². The van der Waals surface area contributed by atoms with Crippen molar-refractivity contribution in [2.75, 3.05) is 18.0 Å². The first-order valence-electron chi connectivity index (χ1n) is 11.3. The summed E-state index contributed by atoms with van der Waals surface area (Å²) in [6.45, 7) is 5.15. The Labute approximate surface area is 181 Å². The van der Waals surface area contributed by atoms with Crippen LogP contribution in [-0.2, 0) is 16.0 Å². The number of carbonyl (C=O) groups is 3. The second-order valence-electron chi connectivity index (χ2n) is 9.09. The lowest BCUT2D eigenvalue weighted by Gasteiger charge is -2.53. The van der Waals surface area contributed by atoms with Crippen LogP contribution in [0.15, 0.2) is 24.3 Å². The quantitative estimate of drug-likeness (QED) is 0.771. The molecule has 1 spiro atoms. The standard InChI is InChI=1S/C24H28N4O3/c1-3-4-10-28-22(30)24(21(29)26-23(28)31)14-17-13-16-12-15(2)8-9-18(16)25-20(17)27-11-6-5-7-19(24)27/h8-9,12-13,19H,3-7,10-11,14H2,1-2H3,(H,26,29,31). The number of nitrogens with zero attached hydrogens (tertiary/aromatic N) is 3. The van der Waals surface area contributed by atoms with Crippen LogP contribution >= 0.6 is 0 Å². The molecule has 0 saturated carbocycles. The molecule has 7 nitrogen and oxygen atoms in total. The van der Waals surface area contributed by atoms with Crippen molar-refractivity contribution in [3.05, 3.63) is 35.4 Å². The number of pyridine rings is 1. The number of amides is 4. The Bertz CT molecular complexity index is 1100. The summed E-state index contributed by atoms with van der Waals surface area (Å²) in [7, 11) is 0. The minimum atomic E-state index is -1.28. The van der Waals surface area contributed by atoms with Crippen molar-refractivity contribution in [2.45, 2.75) is 58.4 Å². The summed E-state index contributed by atoms with van der Waals surface area (Å²) in [6, 6.07) is 7.36. The average Bonchev–Trinajstić information content (AvgIpc) is 2.76. The third-order valence-electron chi connectivity index (χ3n) is 7.07. The summed E-state index contributed by atoms with van der Waals surface area (Å²) < 4.78 is 0. The molecule has 4 heterocycles. The van der Waals surface area contributed by atoms with E-state index in [0.29, 0.717) is 6.54 Å². The van der Waals surface area contributed by atoms with Crippen LogP contribution in [0.3, 0.4) is 0 Å².